The molecule has 29 heavy (non-hydrogen) atoms. The first-order valence-electron chi connectivity index (χ1n) is 10.4. The van der Waals surface area contributed by atoms with E-state index >= 15 is 0 Å². The van der Waals surface area contributed by atoms with Gasteiger partial charge in [0.05, 0.1) is 0 Å². The van der Waals surface area contributed by atoms with Crippen LogP contribution in [0, 0.1) is 11.3 Å². The summed E-state index contributed by atoms with van der Waals surface area (Å²) in [5, 5.41) is 0.0370. The minimum absolute atomic E-state index is 0.0231. The Labute approximate surface area is 175 Å². The van der Waals surface area contributed by atoms with Gasteiger partial charge in [0.1, 0.15) is 18.0 Å². The van der Waals surface area contributed by atoms with Crippen LogP contribution in [0.1, 0.15) is 54.9 Å². The second-order valence-electron chi connectivity index (χ2n) is 10.4. The summed E-state index contributed by atoms with van der Waals surface area (Å²) < 4.78 is 18.0. The fourth-order valence-electron chi connectivity index (χ4n) is 4.22. The molecule has 0 fully saturated rings. The maximum absolute atomic E-state index is 12.1. The summed E-state index contributed by atoms with van der Waals surface area (Å²) >= 11 is 0. The lowest BCUT2D eigenvalue weighted by Crippen LogP contribution is -2.54. The van der Waals surface area contributed by atoms with Crippen molar-refractivity contribution in [3.05, 3.63) is 34.6 Å². The van der Waals surface area contributed by atoms with E-state index in [0.29, 0.717) is 17.8 Å². The minimum atomic E-state index is -2.10. The third kappa shape index (κ3) is 3.65. The van der Waals surface area contributed by atoms with Crippen LogP contribution in [0.2, 0.25) is 18.1 Å². The molecule has 1 aliphatic heterocycles. The van der Waals surface area contributed by atoms with Crippen molar-refractivity contribution in [3.63, 3.8) is 0 Å². The molecule has 0 N–H and O–H groups in total. The van der Waals surface area contributed by atoms with Gasteiger partial charge in [-0.05, 0) is 49.2 Å². The van der Waals surface area contributed by atoms with Gasteiger partial charge in [-0.25, -0.2) is 4.79 Å². The Morgan fingerprint density at radius 1 is 1.31 bits per heavy atom. The predicted octanol–water partition coefficient (Wildman–Crippen LogP) is 5.05. The number of fused-ring (bicyclic) bond motifs is 2. The standard InChI is InChI=1S/C23H34O5Si/c1-13-17-12-23(7)14(2)20(26-15(3)24)19(28-29(8,9)22(4,5)6)11-16(23)10-18(17)27-21(13)25/h10-11,14,19-20H,12H2,1-9H3/t14-,19-,20+,23+/m0/s1. The van der Waals surface area contributed by atoms with Crippen LogP contribution < -0.4 is 0 Å². The van der Waals surface area contributed by atoms with Crippen molar-refractivity contribution in [3.8, 4) is 0 Å². The zero-order chi connectivity index (χ0) is 21.9. The van der Waals surface area contributed by atoms with Gasteiger partial charge in [-0.15, -0.1) is 0 Å². The van der Waals surface area contributed by atoms with E-state index in [4.69, 9.17) is 13.9 Å². The first-order chi connectivity index (χ1) is 13.2. The normalized spacial score (nSPS) is 32.2. The lowest BCUT2D eigenvalue weighted by molar-refractivity contribution is -0.158. The molecule has 3 aliphatic rings. The van der Waals surface area contributed by atoms with Crippen molar-refractivity contribution >= 4 is 20.3 Å². The van der Waals surface area contributed by atoms with Crippen molar-refractivity contribution in [2.24, 2.45) is 11.3 Å². The molecule has 3 rings (SSSR count). The van der Waals surface area contributed by atoms with Crippen LogP contribution in [-0.2, 0) is 23.5 Å². The highest BCUT2D eigenvalue weighted by Crippen LogP contribution is 2.54. The molecule has 0 spiro atoms. The molecule has 0 aromatic rings. The number of hydrogen-bond acceptors (Lipinski definition) is 5. The van der Waals surface area contributed by atoms with E-state index in [0.717, 1.165) is 11.1 Å². The number of rotatable bonds is 3. The van der Waals surface area contributed by atoms with E-state index in [1.54, 1.807) is 0 Å². The number of allylic oxidation sites excluding steroid dienone is 3. The Bertz CT molecular complexity index is 842. The Hall–Kier alpha value is -1.66. The molecule has 0 saturated carbocycles. The van der Waals surface area contributed by atoms with Crippen LogP contribution in [0.5, 0.6) is 0 Å². The number of carbonyl (C=O) groups is 2. The van der Waals surface area contributed by atoms with E-state index in [-0.39, 0.29) is 40.5 Å². The van der Waals surface area contributed by atoms with E-state index < -0.39 is 8.32 Å². The largest absolute Gasteiger partial charge is 0.459 e. The number of ether oxygens (including phenoxy) is 2. The van der Waals surface area contributed by atoms with E-state index in [1.807, 2.05) is 13.0 Å². The summed E-state index contributed by atoms with van der Waals surface area (Å²) in [6.07, 6.45) is 4.07. The summed E-state index contributed by atoms with van der Waals surface area (Å²) in [4.78, 5) is 24.0. The van der Waals surface area contributed by atoms with E-state index in [9.17, 15) is 9.59 Å². The van der Waals surface area contributed by atoms with Crippen molar-refractivity contribution < 1.29 is 23.5 Å². The van der Waals surface area contributed by atoms with Crippen molar-refractivity contribution in [2.75, 3.05) is 0 Å². The minimum Gasteiger partial charge on any atom is -0.459 e. The van der Waals surface area contributed by atoms with Gasteiger partial charge in [-0.3, -0.25) is 4.79 Å². The molecule has 0 radical (unpaired) electrons. The van der Waals surface area contributed by atoms with Gasteiger partial charge >= 0.3 is 11.9 Å². The van der Waals surface area contributed by atoms with Gasteiger partial charge in [0, 0.05) is 29.4 Å². The number of hydrogen-bond donors (Lipinski definition) is 0. The molecule has 0 aromatic heterocycles. The van der Waals surface area contributed by atoms with Crippen LogP contribution in [0.25, 0.3) is 0 Å². The Kier molecular flexibility index (Phi) is 5.28. The highest BCUT2D eigenvalue weighted by atomic mass is 28.4. The zero-order valence-electron chi connectivity index (χ0n) is 19.1. The maximum Gasteiger partial charge on any atom is 0.339 e. The third-order valence-electron chi connectivity index (χ3n) is 7.45. The Morgan fingerprint density at radius 2 is 1.93 bits per heavy atom. The average Bonchev–Trinajstić information content (AvgIpc) is 2.83. The van der Waals surface area contributed by atoms with E-state index in [2.05, 4.69) is 53.8 Å². The molecule has 0 unspecified atom stereocenters. The highest BCUT2D eigenvalue weighted by molar-refractivity contribution is 6.74. The van der Waals surface area contributed by atoms with Crippen molar-refractivity contribution in [2.45, 2.75) is 85.2 Å². The van der Waals surface area contributed by atoms with Crippen LogP contribution in [0.3, 0.4) is 0 Å². The van der Waals surface area contributed by atoms with Crippen molar-refractivity contribution in [1.29, 1.82) is 0 Å². The van der Waals surface area contributed by atoms with Gasteiger partial charge in [0.15, 0.2) is 8.32 Å². The molecule has 4 atom stereocenters. The zero-order valence-corrected chi connectivity index (χ0v) is 20.1. The molecular weight excluding hydrogens is 384 g/mol. The molecule has 0 amide bonds. The lowest BCUT2D eigenvalue weighted by atomic mass is 9.60. The molecule has 1 heterocycles. The fourth-order valence-corrected chi connectivity index (χ4v) is 5.45. The quantitative estimate of drug-likeness (QED) is 0.474. The van der Waals surface area contributed by atoms with Gasteiger partial charge in [-0.1, -0.05) is 34.6 Å². The van der Waals surface area contributed by atoms with Crippen LogP contribution in [-0.4, -0.2) is 32.5 Å². The first kappa shape index (κ1) is 22.0. The van der Waals surface area contributed by atoms with Gasteiger partial charge < -0.3 is 13.9 Å². The number of esters is 2. The Balaban J connectivity index is 2.08. The monoisotopic (exact) mass is 418 g/mol. The van der Waals surface area contributed by atoms with Crippen LogP contribution >= 0.6 is 0 Å². The van der Waals surface area contributed by atoms with Gasteiger partial charge in [0.2, 0.25) is 0 Å². The SMILES string of the molecule is CC(=O)O[C@H]1[C@@H](O[Si](C)(C)C(C)(C)C)C=C2C=C3OC(=O)C(C)=C3C[C@]2(C)[C@H]1C. The van der Waals surface area contributed by atoms with Crippen LogP contribution in [0.4, 0.5) is 0 Å². The summed E-state index contributed by atoms with van der Waals surface area (Å²) in [5.41, 5.74) is 2.47. The summed E-state index contributed by atoms with van der Waals surface area (Å²) in [6, 6.07) is 0. The molecular formula is C23H34O5Si. The van der Waals surface area contributed by atoms with Crippen molar-refractivity contribution in [1.82, 2.24) is 0 Å². The van der Waals surface area contributed by atoms with E-state index in [1.165, 1.54) is 6.92 Å². The van der Waals surface area contributed by atoms with Gasteiger partial charge in [0.25, 0.3) is 0 Å². The predicted molar refractivity (Wildman–Crippen MR) is 114 cm³/mol. The number of carbonyl (C=O) groups excluding carboxylic acids is 2. The lowest BCUT2D eigenvalue weighted by Gasteiger charge is -2.50. The molecule has 6 heteroatoms. The molecule has 160 valence electrons. The Morgan fingerprint density at radius 3 is 2.48 bits per heavy atom. The second kappa shape index (κ2) is 6.95. The fraction of sp³-hybridized carbons (Fsp3) is 0.652. The average molecular weight is 419 g/mol. The third-order valence-corrected chi connectivity index (χ3v) is 11.9. The highest BCUT2D eigenvalue weighted by Gasteiger charge is 2.52. The van der Waals surface area contributed by atoms with Crippen LogP contribution in [0.15, 0.2) is 34.6 Å². The smallest absolute Gasteiger partial charge is 0.339 e. The molecule has 2 aliphatic carbocycles. The molecule has 5 nitrogen and oxygen atoms in total. The topological polar surface area (TPSA) is 61.8 Å². The van der Waals surface area contributed by atoms with Gasteiger partial charge in [-0.2, -0.15) is 0 Å². The molecule has 0 bridgehead atoms. The molecule has 0 aromatic carbocycles. The first-order valence-corrected chi connectivity index (χ1v) is 13.3. The summed E-state index contributed by atoms with van der Waals surface area (Å²) in [6.45, 7) is 18.6. The summed E-state index contributed by atoms with van der Waals surface area (Å²) in [5.74, 6) is 0.107. The second-order valence-corrected chi connectivity index (χ2v) is 15.2. The summed E-state index contributed by atoms with van der Waals surface area (Å²) in [7, 11) is -2.10. The maximum atomic E-state index is 12.1. The molecule has 0 saturated heterocycles.